The zero-order valence-electron chi connectivity index (χ0n) is 13.8. The highest BCUT2D eigenvalue weighted by atomic mass is 16.3. The lowest BCUT2D eigenvalue weighted by Crippen LogP contribution is -2.54. The largest absolute Gasteiger partial charge is 0.508 e. The Labute approximate surface area is 141 Å². The molecular formula is C20H22N2O2. The van der Waals surface area contributed by atoms with Crippen molar-refractivity contribution >= 4 is 11.6 Å². The number of nitrogens with two attached hydrogens (primary N) is 1. The molecule has 1 aliphatic carbocycles. The number of nitrogens with zero attached hydrogens (tertiary/aromatic N) is 1. The first kappa shape index (κ1) is 15.1. The van der Waals surface area contributed by atoms with Crippen LogP contribution in [0, 0.1) is 0 Å². The highest BCUT2D eigenvalue weighted by molar-refractivity contribution is 5.99. The number of nitrogen functional groups attached to an aromatic ring is 1. The molecule has 1 unspecified atom stereocenters. The Morgan fingerprint density at radius 3 is 2.88 bits per heavy atom. The van der Waals surface area contributed by atoms with E-state index in [9.17, 15) is 9.90 Å². The number of likely N-dealkylation sites (tertiary alicyclic amines) is 1. The van der Waals surface area contributed by atoms with E-state index < -0.39 is 0 Å². The standard InChI is InChI=1S/C20H22N2O2/c1-20-8-9-22(19(24)16-4-2-3-5-18(16)21)14(12-20)10-13-6-7-15(23)11-17(13)20/h2-7,11,14,23H,8-10,12,21H2,1H3/t14?,20-/m1/s1. The van der Waals surface area contributed by atoms with Gasteiger partial charge in [0.25, 0.3) is 5.91 Å². The van der Waals surface area contributed by atoms with E-state index in [0.29, 0.717) is 17.0 Å². The lowest BCUT2D eigenvalue weighted by Gasteiger charge is -2.50. The fraction of sp³-hybridized carbons (Fsp3) is 0.350. The van der Waals surface area contributed by atoms with E-state index in [1.54, 1.807) is 18.2 Å². The predicted octanol–water partition coefficient (Wildman–Crippen LogP) is 3.09. The van der Waals surface area contributed by atoms with Crippen molar-refractivity contribution in [3.63, 3.8) is 0 Å². The van der Waals surface area contributed by atoms with Gasteiger partial charge in [-0.15, -0.1) is 0 Å². The number of phenolic OH excluding ortho intramolecular Hbond substituents is 1. The fourth-order valence-corrected chi connectivity index (χ4v) is 4.38. The minimum Gasteiger partial charge on any atom is -0.508 e. The number of piperidine rings is 1. The molecule has 1 heterocycles. The quantitative estimate of drug-likeness (QED) is 0.793. The molecule has 4 rings (SSSR count). The summed E-state index contributed by atoms with van der Waals surface area (Å²) in [6.45, 7) is 2.97. The zero-order valence-corrected chi connectivity index (χ0v) is 13.8. The summed E-state index contributed by atoms with van der Waals surface area (Å²) in [5, 5.41) is 9.84. The number of amides is 1. The van der Waals surface area contributed by atoms with Crippen LogP contribution in [0.2, 0.25) is 0 Å². The summed E-state index contributed by atoms with van der Waals surface area (Å²) in [5.41, 5.74) is 9.64. The number of fused-ring (bicyclic) bond motifs is 4. The van der Waals surface area contributed by atoms with E-state index in [4.69, 9.17) is 5.73 Å². The molecule has 2 atom stereocenters. The van der Waals surface area contributed by atoms with Crippen LogP contribution in [-0.4, -0.2) is 28.5 Å². The summed E-state index contributed by atoms with van der Waals surface area (Å²) in [4.78, 5) is 15.0. The summed E-state index contributed by atoms with van der Waals surface area (Å²) in [6, 6.07) is 13.1. The van der Waals surface area contributed by atoms with Crippen molar-refractivity contribution in [3.05, 3.63) is 59.2 Å². The molecule has 0 saturated carbocycles. The minimum atomic E-state index is 0.0238. The van der Waals surface area contributed by atoms with Crippen molar-refractivity contribution in [3.8, 4) is 5.75 Å². The Hall–Kier alpha value is -2.49. The van der Waals surface area contributed by atoms with Crippen LogP contribution in [0.25, 0.3) is 0 Å². The molecule has 4 heteroatoms. The summed E-state index contributed by atoms with van der Waals surface area (Å²) < 4.78 is 0. The highest BCUT2D eigenvalue weighted by Crippen LogP contribution is 2.46. The molecule has 0 aromatic heterocycles. The summed E-state index contributed by atoms with van der Waals surface area (Å²) in [7, 11) is 0. The number of anilines is 1. The van der Waals surface area contributed by atoms with Gasteiger partial charge >= 0.3 is 0 Å². The maximum absolute atomic E-state index is 13.0. The summed E-state index contributed by atoms with van der Waals surface area (Å²) in [6.07, 6.45) is 2.67. The van der Waals surface area contributed by atoms with Gasteiger partial charge in [0.1, 0.15) is 5.75 Å². The van der Waals surface area contributed by atoms with Crippen LogP contribution in [0.15, 0.2) is 42.5 Å². The Balaban J connectivity index is 1.68. The normalized spacial score (nSPS) is 25.2. The van der Waals surface area contributed by atoms with Gasteiger partial charge in [0.2, 0.25) is 0 Å². The third-order valence-corrected chi connectivity index (χ3v) is 5.68. The number of carbonyl (C=O) groups is 1. The van der Waals surface area contributed by atoms with Crippen LogP contribution in [0.4, 0.5) is 5.69 Å². The van der Waals surface area contributed by atoms with Gasteiger partial charge in [-0.05, 0) is 60.1 Å². The van der Waals surface area contributed by atoms with Crippen molar-refractivity contribution in [1.82, 2.24) is 4.90 Å². The molecule has 3 N–H and O–H groups in total. The number of para-hydroxylation sites is 1. The van der Waals surface area contributed by atoms with E-state index in [1.807, 2.05) is 29.2 Å². The Morgan fingerprint density at radius 1 is 1.29 bits per heavy atom. The summed E-state index contributed by atoms with van der Waals surface area (Å²) in [5.74, 6) is 0.353. The molecule has 1 fully saturated rings. The van der Waals surface area contributed by atoms with Crippen molar-refractivity contribution in [2.75, 3.05) is 12.3 Å². The van der Waals surface area contributed by atoms with Crippen LogP contribution in [0.5, 0.6) is 5.75 Å². The molecule has 2 aromatic carbocycles. The Morgan fingerprint density at radius 2 is 2.08 bits per heavy atom. The zero-order chi connectivity index (χ0) is 16.9. The van der Waals surface area contributed by atoms with Crippen molar-refractivity contribution in [1.29, 1.82) is 0 Å². The number of carbonyl (C=O) groups excluding carboxylic acids is 1. The lowest BCUT2D eigenvalue weighted by atomic mass is 9.65. The van der Waals surface area contributed by atoms with Gasteiger partial charge in [-0.1, -0.05) is 25.1 Å². The van der Waals surface area contributed by atoms with Gasteiger partial charge in [-0.2, -0.15) is 0 Å². The second-order valence-electron chi connectivity index (χ2n) is 7.30. The topological polar surface area (TPSA) is 66.6 Å². The third kappa shape index (κ3) is 2.25. The number of aromatic hydroxyl groups is 1. The molecule has 0 spiro atoms. The van der Waals surface area contributed by atoms with Crippen LogP contribution >= 0.6 is 0 Å². The Kier molecular flexibility index (Phi) is 3.30. The number of phenols is 1. The van der Waals surface area contributed by atoms with E-state index >= 15 is 0 Å². The Bertz CT molecular complexity index is 817. The third-order valence-electron chi connectivity index (χ3n) is 5.68. The van der Waals surface area contributed by atoms with E-state index in [2.05, 4.69) is 6.92 Å². The smallest absolute Gasteiger partial charge is 0.256 e. The number of hydrogen-bond acceptors (Lipinski definition) is 3. The van der Waals surface area contributed by atoms with E-state index in [-0.39, 0.29) is 17.4 Å². The number of rotatable bonds is 1. The van der Waals surface area contributed by atoms with Gasteiger partial charge in [-0.3, -0.25) is 4.79 Å². The molecule has 0 radical (unpaired) electrons. The maximum atomic E-state index is 13.0. The van der Waals surface area contributed by atoms with E-state index in [1.165, 1.54) is 11.1 Å². The molecule has 24 heavy (non-hydrogen) atoms. The first-order valence-electron chi connectivity index (χ1n) is 8.46. The van der Waals surface area contributed by atoms with Gasteiger partial charge in [-0.25, -0.2) is 0 Å². The molecule has 1 saturated heterocycles. The molecular weight excluding hydrogens is 300 g/mol. The monoisotopic (exact) mass is 322 g/mol. The fourth-order valence-electron chi connectivity index (χ4n) is 4.38. The lowest BCUT2D eigenvalue weighted by molar-refractivity contribution is 0.0490. The van der Waals surface area contributed by atoms with Gasteiger partial charge in [0.05, 0.1) is 5.56 Å². The predicted molar refractivity (Wildman–Crippen MR) is 94.1 cm³/mol. The van der Waals surface area contributed by atoms with Crippen molar-refractivity contribution in [2.24, 2.45) is 0 Å². The number of benzene rings is 2. The summed E-state index contributed by atoms with van der Waals surface area (Å²) >= 11 is 0. The SMILES string of the molecule is C[C@]12CCN(C(=O)c3ccccc3N)C(Cc3ccc(O)cc31)C2. The number of hydrogen-bond donors (Lipinski definition) is 2. The first-order chi connectivity index (χ1) is 11.5. The van der Waals surface area contributed by atoms with Gasteiger partial charge < -0.3 is 15.7 Å². The van der Waals surface area contributed by atoms with Crippen LogP contribution in [0.3, 0.4) is 0 Å². The molecule has 2 aromatic rings. The molecule has 2 bridgehead atoms. The highest BCUT2D eigenvalue weighted by Gasteiger charge is 2.44. The molecule has 2 aliphatic rings. The van der Waals surface area contributed by atoms with Crippen LogP contribution in [-0.2, 0) is 11.8 Å². The van der Waals surface area contributed by atoms with Crippen molar-refractivity contribution in [2.45, 2.75) is 37.6 Å². The van der Waals surface area contributed by atoms with E-state index in [0.717, 1.165) is 25.8 Å². The molecule has 124 valence electrons. The molecule has 1 amide bonds. The van der Waals surface area contributed by atoms with Crippen LogP contribution < -0.4 is 5.73 Å². The second-order valence-corrected chi connectivity index (χ2v) is 7.30. The minimum absolute atomic E-state index is 0.0238. The maximum Gasteiger partial charge on any atom is 0.256 e. The molecule has 4 nitrogen and oxygen atoms in total. The first-order valence-corrected chi connectivity index (χ1v) is 8.46. The van der Waals surface area contributed by atoms with Crippen LogP contribution in [0.1, 0.15) is 41.3 Å². The van der Waals surface area contributed by atoms with Crippen molar-refractivity contribution < 1.29 is 9.90 Å². The average molecular weight is 322 g/mol. The second kappa shape index (κ2) is 5.26. The van der Waals surface area contributed by atoms with Gasteiger partial charge in [0, 0.05) is 18.3 Å². The van der Waals surface area contributed by atoms with Gasteiger partial charge in [0.15, 0.2) is 0 Å². The molecule has 1 aliphatic heterocycles. The average Bonchev–Trinajstić information content (AvgIpc) is 2.56.